The number of ether oxygens (including phenoxy) is 4. The van der Waals surface area contributed by atoms with E-state index in [2.05, 4.69) is 16.8 Å². The Hall–Kier alpha value is -2.36. The van der Waals surface area contributed by atoms with E-state index in [1.165, 1.54) is 18.4 Å². The normalized spacial score (nSPS) is 14.7. The Morgan fingerprint density at radius 2 is 2.07 bits per heavy atom. The SMILES string of the molecule is CCOC(=O)COc1c(C(=O)OC)sc2cc3cc(NC4CCOCC4)csc-3c12. The van der Waals surface area contributed by atoms with Crippen molar-refractivity contribution in [2.75, 3.05) is 38.9 Å². The van der Waals surface area contributed by atoms with Gasteiger partial charge in [0.15, 0.2) is 17.2 Å². The van der Waals surface area contributed by atoms with Gasteiger partial charge in [0.1, 0.15) is 0 Å². The number of thiophene rings is 1. The average Bonchev–Trinajstić information content (AvgIpc) is 3.28. The fraction of sp³-hybridized carbons (Fsp3) is 0.429. The first-order chi connectivity index (χ1) is 14.6. The summed E-state index contributed by atoms with van der Waals surface area (Å²) < 4.78 is 22.0. The molecule has 0 unspecified atom stereocenters. The highest BCUT2D eigenvalue weighted by atomic mass is 32.1. The third-order valence-electron chi connectivity index (χ3n) is 4.88. The van der Waals surface area contributed by atoms with Gasteiger partial charge in [-0.1, -0.05) is 0 Å². The lowest BCUT2D eigenvalue weighted by Gasteiger charge is -2.24. The lowest BCUT2D eigenvalue weighted by atomic mass is 10.1. The highest BCUT2D eigenvalue weighted by Gasteiger charge is 2.27. The van der Waals surface area contributed by atoms with Gasteiger partial charge in [-0.2, -0.15) is 0 Å². The summed E-state index contributed by atoms with van der Waals surface area (Å²) in [6.45, 7) is 3.32. The van der Waals surface area contributed by atoms with Gasteiger partial charge in [0.25, 0.3) is 0 Å². The topological polar surface area (TPSA) is 83.1 Å². The third-order valence-corrected chi connectivity index (χ3v) is 7.03. The van der Waals surface area contributed by atoms with Crippen LogP contribution in [0.4, 0.5) is 5.69 Å². The number of anilines is 1. The van der Waals surface area contributed by atoms with Gasteiger partial charge in [0, 0.05) is 39.9 Å². The first-order valence-corrected chi connectivity index (χ1v) is 11.5. The highest BCUT2D eigenvalue weighted by molar-refractivity contribution is 7.22. The number of methoxy groups -OCH3 is 1. The first kappa shape index (κ1) is 20.9. The molecule has 1 N–H and O–H groups in total. The largest absolute Gasteiger partial charge is 0.479 e. The molecular weight excluding hydrogens is 426 g/mol. The quantitative estimate of drug-likeness (QED) is 0.536. The molecule has 2 aliphatic heterocycles. The fourth-order valence-corrected chi connectivity index (χ4v) is 5.65. The molecule has 0 atom stereocenters. The van der Waals surface area contributed by atoms with Crippen LogP contribution in [-0.2, 0) is 19.0 Å². The van der Waals surface area contributed by atoms with Crippen LogP contribution in [0, 0.1) is 0 Å². The summed E-state index contributed by atoms with van der Waals surface area (Å²) in [7, 11) is 1.33. The molecule has 1 saturated heterocycles. The number of esters is 2. The maximum absolute atomic E-state index is 12.3. The Morgan fingerprint density at radius 1 is 1.27 bits per heavy atom. The molecule has 3 heterocycles. The monoisotopic (exact) mass is 449 g/mol. The van der Waals surface area contributed by atoms with Crippen LogP contribution in [0.5, 0.6) is 5.75 Å². The molecule has 3 aliphatic rings. The van der Waals surface area contributed by atoms with Gasteiger partial charge in [0.05, 0.1) is 19.1 Å². The number of fused-ring (bicyclic) bond motifs is 3. The van der Waals surface area contributed by atoms with Crippen LogP contribution < -0.4 is 10.1 Å². The summed E-state index contributed by atoms with van der Waals surface area (Å²) in [5.41, 5.74) is 2.13. The van der Waals surface area contributed by atoms with Crippen molar-refractivity contribution in [3.63, 3.8) is 0 Å². The van der Waals surface area contributed by atoms with Crippen LogP contribution in [0.1, 0.15) is 29.4 Å². The molecule has 7 nitrogen and oxygen atoms in total. The molecule has 0 radical (unpaired) electrons. The van der Waals surface area contributed by atoms with E-state index < -0.39 is 11.9 Å². The predicted molar refractivity (Wildman–Crippen MR) is 117 cm³/mol. The second kappa shape index (κ2) is 9.20. The van der Waals surface area contributed by atoms with Gasteiger partial charge >= 0.3 is 11.9 Å². The van der Waals surface area contributed by atoms with Gasteiger partial charge in [-0.3, -0.25) is 0 Å². The highest BCUT2D eigenvalue weighted by Crippen LogP contribution is 2.49. The smallest absolute Gasteiger partial charge is 0.351 e. The Labute approximate surface area is 182 Å². The molecule has 1 aromatic rings. The zero-order valence-electron chi connectivity index (χ0n) is 16.8. The number of carbonyl (C=O) groups excluding carboxylic acids is 2. The Balaban J connectivity index is 1.67. The summed E-state index contributed by atoms with van der Waals surface area (Å²) in [6.07, 6.45) is 1.99. The van der Waals surface area contributed by atoms with E-state index in [4.69, 9.17) is 18.9 Å². The molecule has 1 fully saturated rings. The lowest BCUT2D eigenvalue weighted by molar-refractivity contribution is -0.145. The molecular formula is C21H23NO6S2. The Kier molecular flexibility index (Phi) is 6.40. The number of hydrogen-bond acceptors (Lipinski definition) is 9. The Morgan fingerprint density at radius 3 is 2.80 bits per heavy atom. The summed E-state index contributed by atoms with van der Waals surface area (Å²) >= 11 is 2.89. The second-order valence-electron chi connectivity index (χ2n) is 6.88. The Bertz CT molecular complexity index is 1020. The van der Waals surface area contributed by atoms with Crippen molar-refractivity contribution < 1.29 is 28.5 Å². The number of nitrogens with one attached hydrogen (secondary N) is 1. The van der Waals surface area contributed by atoms with Crippen LogP contribution >= 0.6 is 22.7 Å². The van der Waals surface area contributed by atoms with Crippen LogP contribution in [0.3, 0.4) is 0 Å². The fourth-order valence-electron chi connectivity index (χ4n) is 3.51. The summed E-state index contributed by atoms with van der Waals surface area (Å²) in [5.74, 6) is -0.576. The zero-order valence-corrected chi connectivity index (χ0v) is 18.5. The van der Waals surface area contributed by atoms with Crippen molar-refractivity contribution in [1.82, 2.24) is 0 Å². The minimum atomic E-state index is -0.481. The number of carbonyl (C=O) groups is 2. The summed E-state index contributed by atoms with van der Waals surface area (Å²) in [5, 5.41) is 6.49. The molecule has 1 aliphatic carbocycles. The van der Waals surface area contributed by atoms with Crippen LogP contribution in [0.25, 0.3) is 20.5 Å². The molecule has 0 bridgehead atoms. The second-order valence-corrected chi connectivity index (χ2v) is 8.81. The van der Waals surface area contributed by atoms with Crippen molar-refractivity contribution in [2.24, 2.45) is 0 Å². The maximum atomic E-state index is 12.3. The van der Waals surface area contributed by atoms with Crippen LogP contribution in [0.2, 0.25) is 0 Å². The molecule has 0 spiro atoms. The predicted octanol–water partition coefficient (Wildman–Crippen LogP) is 4.39. The van der Waals surface area contributed by atoms with E-state index in [0.717, 1.165) is 52.3 Å². The molecule has 160 valence electrons. The molecule has 0 amide bonds. The van der Waals surface area contributed by atoms with E-state index in [-0.39, 0.29) is 13.2 Å². The van der Waals surface area contributed by atoms with Gasteiger partial charge in [-0.15, -0.1) is 22.7 Å². The molecule has 1 aromatic heterocycles. The van der Waals surface area contributed by atoms with Gasteiger partial charge in [-0.25, -0.2) is 9.59 Å². The third kappa shape index (κ3) is 4.23. The maximum Gasteiger partial charge on any atom is 0.351 e. The van der Waals surface area contributed by atoms with Gasteiger partial charge < -0.3 is 24.3 Å². The summed E-state index contributed by atoms with van der Waals surface area (Å²) in [4.78, 5) is 25.4. The van der Waals surface area contributed by atoms with Gasteiger partial charge in [0.2, 0.25) is 0 Å². The molecule has 9 heteroatoms. The van der Waals surface area contributed by atoms with Crippen molar-refractivity contribution in [3.05, 3.63) is 22.4 Å². The van der Waals surface area contributed by atoms with Crippen molar-refractivity contribution in [3.8, 4) is 16.2 Å². The minimum Gasteiger partial charge on any atom is -0.479 e. The molecule has 30 heavy (non-hydrogen) atoms. The standard InChI is InChI=1S/C21H23NO6S2/c1-3-27-16(23)10-28-18-17-15(30-20(18)21(24)25-2)9-12-8-14(11-29-19(12)17)22-13-4-6-26-7-5-13/h8-9,11,13,22H,3-7,10H2,1-2H3. The van der Waals surface area contributed by atoms with E-state index >= 15 is 0 Å². The van der Waals surface area contributed by atoms with Crippen LogP contribution in [-0.4, -0.2) is 51.5 Å². The summed E-state index contributed by atoms with van der Waals surface area (Å²) in [6, 6.07) is 4.57. The van der Waals surface area contributed by atoms with E-state index in [0.29, 0.717) is 16.7 Å². The number of hydrogen-bond donors (Lipinski definition) is 1. The molecule has 0 saturated carbocycles. The van der Waals surface area contributed by atoms with Crippen molar-refractivity contribution in [2.45, 2.75) is 25.8 Å². The molecule has 4 rings (SSSR count). The van der Waals surface area contributed by atoms with Crippen LogP contribution in [0.15, 0.2) is 17.5 Å². The molecule has 0 aromatic carbocycles. The van der Waals surface area contributed by atoms with E-state index in [1.807, 2.05) is 6.07 Å². The first-order valence-electron chi connectivity index (χ1n) is 9.79. The van der Waals surface area contributed by atoms with Gasteiger partial charge in [-0.05, 0) is 37.5 Å². The zero-order chi connectivity index (χ0) is 21.1. The van der Waals surface area contributed by atoms with Crippen molar-refractivity contribution >= 4 is 50.4 Å². The lowest BCUT2D eigenvalue weighted by Crippen LogP contribution is -2.27. The van der Waals surface area contributed by atoms with Crippen molar-refractivity contribution in [1.29, 1.82) is 0 Å². The van der Waals surface area contributed by atoms with E-state index in [9.17, 15) is 9.59 Å². The number of rotatable bonds is 7. The minimum absolute atomic E-state index is 0.260. The average molecular weight is 450 g/mol. The van der Waals surface area contributed by atoms with E-state index in [1.54, 1.807) is 18.3 Å².